The molecule has 0 bridgehead atoms. The van der Waals surface area contributed by atoms with E-state index in [1.165, 1.54) is 37.7 Å². The van der Waals surface area contributed by atoms with E-state index >= 15 is 0 Å². The van der Waals surface area contributed by atoms with E-state index in [0.29, 0.717) is 0 Å². The molecule has 0 aliphatic heterocycles. The zero-order valence-electron chi connectivity index (χ0n) is 9.31. The summed E-state index contributed by atoms with van der Waals surface area (Å²) in [5.74, 6) is 0.864. The van der Waals surface area contributed by atoms with Gasteiger partial charge in [0, 0.05) is 0 Å². The van der Waals surface area contributed by atoms with Crippen molar-refractivity contribution in [1.82, 2.24) is 0 Å². The number of hydrogen-bond donors (Lipinski definition) is 0. The lowest BCUT2D eigenvalue weighted by atomic mass is 10.0. The normalized spacial score (nSPS) is 10.4. The van der Waals surface area contributed by atoms with Gasteiger partial charge in [0.25, 0.3) is 0 Å². The van der Waals surface area contributed by atoms with Crippen LogP contribution in [0.1, 0.15) is 52.4 Å². The van der Waals surface area contributed by atoms with Crippen LogP contribution in [0.3, 0.4) is 0 Å². The van der Waals surface area contributed by atoms with E-state index < -0.39 is 0 Å². The fraction of sp³-hybridized carbons (Fsp3) is 0.692. The van der Waals surface area contributed by atoms with E-state index in [-0.39, 0.29) is 0 Å². The van der Waals surface area contributed by atoms with Crippen molar-refractivity contribution >= 4 is 0 Å². The van der Waals surface area contributed by atoms with Crippen molar-refractivity contribution in [3.8, 4) is 0 Å². The smallest absolute Gasteiger partial charge is 0.0285 e. The molecule has 0 aliphatic carbocycles. The van der Waals surface area contributed by atoms with Crippen LogP contribution in [-0.2, 0) is 0 Å². The van der Waals surface area contributed by atoms with E-state index in [1.54, 1.807) is 0 Å². The van der Waals surface area contributed by atoms with Crippen molar-refractivity contribution in [2.45, 2.75) is 52.4 Å². The Labute approximate surface area is 83.7 Å². The van der Waals surface area contributed by atoms with Crippen molar-refractivity contribution in [3.63, 3.8) is 0 Å². The maximum atomic E-state index is 3.90. The van der Waals surface area contributed by atoms with Gasteiger partial charge in [-0.15, -0.1) is 0 Å². The molecular formula is C13H24. The molecule has 0 amide bonds. The lowest BCUT2D eigenvalue weighted by Gasteiger charge is -2.04. The summed E-state index contributed by atoms with van der Waals surface area (Å²) in [5.41, 5.74) is 1.18. The minimum absolute atomic E-state index is 0.864. The fourth-order valence-corrected chi connectivity index (χ4v) is 1.36. The Morgan fingerprint density at radius 1 is 1.15 bits per heavy atom. The Morgan fingerprint density at radius 3 is 2.31 bits per heavy atom. The maximum Gasteiger partial charge on any atom is -0.0285 e. The van der Waals surface area contributed by atoms with Crippen molar-refractivity contribution in [2.75, 3.05) is 0 Å². The second-order valence-corrected chi connectivity index (χ2v) is 4.21. The lowest BCUT2D eigenvalue weighted by molar-refractivity contribution is 0.520. The average Bonchev–Trinajstić information content (AvgIpc) is 2.10. The standard InChI is InChI=1S/C13H24/c1-5-13(4)11-9-7-6-8-10-12(2)3/h5,12H,1,4,6-11H2,2-3H3. The second kappa shape index (κ2) is 8.10. The molecule has 0 aromatic heterocycles. The highest BCUT2D eigenvalue weighted by Crippen LogP contribution is 2.12. The van der Waals surface area contributed by atoms with Crippen LogP contribution in [0.25, 0.3) is 0 Å². The van der Waals surface area contributed by atoms with Gasteiger partial charge in [-0.3, -0.25) is 0 Å². The molecule has 0 N–H and O–H groups in total. The lowest BCUT2D eigenvalue weighted by Crippen LogP contribution is -1.87. The third-order valence-corrected chi connectivity index (χ3v) is 2.32. The third-order valence-electron chi connectivity index (χ3n) is 2.32. The molecular weight excluding hydrogens is 156 g/mol. The largest absolute Gasteiger partial charge is 0.0988 e. The second-order valence-electron chi connectivity index (χ2n) is 4.21. The summed E-state index contributed by atoms with van der Waals surface area (Å²) >= 11 is 0. The van der Waals surface area contributed by atoms with Crippen molar-refractivity contribution in [3.05, 3.63) is 24.8 Å². The van der Waals surface area contributed by atoms with Gasteiger partial charge in [0.05, 0.1) is 0 Å². The van der Waals surface area contributed by atoms with E-state index in [2.05, 4.69) is 27.0 Å². The molecule has 0 atom stereocenters. The minimum atomic E-state index is 0.864. The molecule has 13 heavy (non-hydrogen) atoms. The van der Waals surface area contributed by atoms with Crippen molar-refractivity contribution in [1.29, 1.82) is 0 Å². The highest BCUT2D eigenvalue weighted by atomic mass is 14.0. The van der Waals surface area contributed by atoms with Crippen molar-refractivity contribution in [2.24, 2.45) is 5.92 Å². The number of hydrogen-bond acceptors (Lipinski definition) is 0. The molecule has 0 heteroatoms. The molecule has 0 saturated carbocycles. The van der Waals surface area contributed by atoms with E-state index in [1.807, 2.05) is 6.08 Å². The van der Waals surface area contributed by atoms with Gasteiger partial charge < -0.3 is 0 Å². The summed E-state index contributed by atoms with van der Waals surface area (Å²) in [7, 11) is 0. The molecule has 0 nitrogen and oxygen atoms in total. The molecule has 0 saturated heterocycles. The summed E-state index contributed by atoms with van der Waals surface area (Å²) in [6.45, 7) is 12.2. The molecule has 0 heterocycles. The van der Waals surface area contributed by atoms with Gasteiger partial charge in [-0.25, -0.2) is 0 Å². The summed E-state index contributed by atoms with van der Waals surface area (Å²) in [6.07, 6.45) is 9.77. The number of allylic oxidation sites excluding steroid dienone is 2. The summed E-state index contributed by atoms with van der Waals surface area (Å²) < 4.78 is 0. The first kappa shape index (κ1) is 12.5. The van der Waals surface area contributed by atoms with Crippen LogP contribution in [0, 0.1) is 5.92 Å². The molecule has 0 fully saturated rings. The number of unbranched alkanes of at least 4 members (excludes halogenated alkanes) is 3. The van der Waals surface area contributed by atoms with Gasteiger partial charge in [0.2, 0.25) is 0 Å². The Hall–Kier alpha value is -0.520. The highest BCUT2D eigenvalue weighted by molar-refractivity contribution is 5.10. The van der Waals surface area contributed by atoms with Crippen molar-refractivity contribution < 1.29 is 0 Å². The van der Waals surface area contributed by atoms with Gasteiger partial charge >= 0.3 is 0 Å². The molecule has 0 aromatic rings. The predicted octanol–water partition coefficient (Wildman–Crippen LogP) is 4.73. The molecule has 0 unspecified atom stereocenters. The van der Waals surface area contributed by atoms with E-state index in [0.717, 1.165) is 12.3 Å². The minimum Gasteiger partial charge on any atom is -0.0988 e. The van der Waals surface area contributed by atoms with E-state index in [4.69, 9.17) is 0 Å². The quantitative estimate of drug-likeness (QED) is 0.374. The van der Waals surface area contributed by atoms with Crippen LogP contribution in [0.4, 0.5) is 0 Å². The van der Waals surface area contributed by atoms with Gasteiger partial charge in [0.1, 0.15) is 0 Å². The Bertz CT molecular complexity index is 142. The third kappa shape index (κ3) is 9.39. The zero-order chi connectivity index (χ0) is 10.1. The molecule has 0 aromatic carbocycles. The van der Waals surface area contributed by atoms with Crippen LogP contribution < -0.4 is 0 Å². The first-order valence-electron chi connectivity index (χ1n) is 5.47. The van der Waals surface area contributed by atoms with Crippen LogP contribution in [0.2, 0.25) is 0 Å². The van der Waals surface area contributed by atoms with Crippen LogP contribution in [0.5, 0.6) is 0 Å². The molecule has 0 rings (SSSR count). The Morgan fingerprint density at radius 2 is 1.77 bits per heavy atom. The van der Waals surface area contributed by atoms with Crippen LogP contribution in [-0.4, -0.2) is 0 Å². The summed E-state index contributed by atoms with van der Waals surface area (Å²) in [4.78, 5) is 0. The average molecular weight is 180 g/mol. The van der Waals surface area contributed by atoms with E-state index in [9.17, 15) is 0 Å². The van der Waals surface area contributed by atoms with Crippen LogP contribution in [0.15, 0.2) is 24.8 Å². The topological polar surface area (TPSA) is 0 Å². The van der Waals surface area contributed by atoms with Gasteiger partial charge in [-0.05, 0) is 18.8 Å². The van der Waals surface area contributed by atoms with Crippen LogP contribution >= 0.6 is 0 Å². The molecule has 0 aliphatic rings. The predicted molar refractivity (Wildman–Crippen MR) is 61.9 cm³/mol. The highest BCUT2D eigenvalue weighted by Gasteiger charge is 1.94. The fourth-order valence-electron chi connectivity index (χ4n) is 1.36. The molecule has 0 radical (unpaired) electrons. The maximum absolute atomic E-state index is 3.90. The van der Waals surface area contributed by atoms with Gasteiger partial charge in [-0.1, -0.05) is 64.3 Å². The Balaban J connectivity index is 3.08. The summed E-state index contributed by atoms with van der Waals surface area (Å²) in [5, 5.41) is 0. The van der Waals surface area contributed by atoms with Gasteiger partial charge in [0.15, 0.2) is 0 Å². The first-order valence-corrected chi connectivity index (χ1v) is 5.47. The van der Waals surface area contributed by atoms with Gasteiger partial charge in [-0.2, -0.15) is 0 Å². The molecule has 76 valence electrons. The Kier molecular flexibility index (Phi) is 7.77. The zero-order valence-corrected chi connectivity index (χ0v) is 9.31. The monoisotopic (exact) mass is 180 g/mol. The first-order chi connectivity index (χ1) is 6.16. The summed E-state index contributed by atoms with van der Waals surface area (Å²) in [6, 6.07) is 0. The SMILES string of the molecule is C=CC(=C)CCCCCCC(C)C. The number of rotatable bonds is 8. The molecule has 0 spiro atoms.